The van der Waals surface area contributed by atoms with E-state index in [-0.39, 0.29) is 18.3 Å². The molecule has 0 saturated carbocycles. The lowest BCUT2D eigenvalue weighted by molar-refractivity contribution is -0.138. The number of nitrogens with zero attached hydrogens (tertiary/aromatic N) is 1. The molecule has 0 bridgehead atoms. The Hall–Kier alpha value is -3.12. The Labute approximate surface area is 163 Å². The number of hydrogen-bond donors (Lipinski definition) is 0. The molecule has 1 heterocycles. The van der Waals surface area contributed by atoms with Crippen LogP contribution in [0.25, 0.3) is 11.0 Å². The number of likely N-dealkylation sites (N-methyl/N-ethyl adjacent to an activating group) is 1. The van der Waals surface area contributed by atoms with Crippen LogP contribution in [0.4, 0.5) is 0 Å². The third kappa shape index (κ3) is 4.07. The summed E-state index contributed by atoms with van der Waals surface area (Å²) in [4.78, 5) is 27.0. The molecular formula is C22H23NO5. The van der Waals surface area contributed by atoms with Crippen LogP contribution in [0.15, 0.2) is 59.0 Å². The number of esters is 1. The van der Waals surface area contributed by atoms with Crippen molar-refractivity contribution in [3.63, 3.8) is 0 Å². The predicted octanol–water partition coefficient (Wildman–Crippen LogP) is 3.96. The van der Waals surface area contributed by atoms with Crippen LogP contribution in [0.5, 0.6) is 0 Å². The number of hydrogen-bond acceptors (Lipinski definition) is 5. The quantitative estimate of drug-likeness (QED) is 0.580. The number of furan rings is 1. The van der Waals surface area contributed by atoms with Crippen LogP contribution < -0.4 is 0 Å². The summed E-state index contributed by atoms with van der Waals surface area (Å²) < 4.78 is 16.9. The van der Waals surface area contributed by atoms with Crippen LogP contribution >= 0.6 is 0 Å². The Morgan fingerprint density at radius 3 is 2.39 bits per heavy atom. The van der Waals surface area contributed by atoms with Crippen LogP contribution in [0, 0.1) is 0 Å². The lowest BCUT2D eigenvalue weighted by Gasteiger charge is -2.21. The highest BCUT2D eigenvalue weighted by molar-refractivity contribution is 5.97. The van der Waals surface area contributed by atoms with Crippen molar-refractivity contribution < 1.29 is 23.5 Å². The maximum atomic E-state index is 13.0. The standard InChI is InChI=1S/C22H23NO5/c1-4-26-14-17-16-12-8-9-13-18(16)27-20(17)22(25)28-19(21(24)23(2)3)15-10-6-5-7-11-15/h5-13,19H,4,14H2,1-3H3/t19-/m1/s1. The number of fused-ring (bicyclic) bond motifs is 1. The second kappa shape index (κ2) is 8.71. The average molecular weight is 381 g/mol. The molecule has 6 heteroatoms. The first-order valence-corrected chi connectivity index (χ1v) is 9.08. The fourth-order valence-electron chi connectivity index (χ4n) is 2.90. The molecule has 0 aliphatic rings. The second-order valence-electron chi connectivity index (χ2n) is 6.47. The van der Waals surface area contributed by atoms with E-state index in [1.165, 1.54) is 4.90 Å². The van der Waals surface area contributed by atoms with Gasteiger partial charge in [0.15, 0.2) is 0 Å². The second-order valence-corrected chi connectivity index (χ2v) is 6.47. The fourth-order valence-corrected chi connectivity index (χ4v) is 2.90. The van der Waals surface area contributed by atoms with Crippen LogP contribution in [0.2, 0.25) is 0 Å². The summed E-state index contributed by atoms with van der Waals surface area (Å²) >= 11 is 0. The van der Waals surface area contributed by atoms with E-state index in [4.69, 9.17) is 13.9 Å². The summed E-state index contributed by atoms with van der Waals surface area (Å²) in [5, 5.41) is 0.790. The molecule has 0 fully saturated rings. The van der Waals surface area contributed by atoms with Crippen molar-refractivity contribution in [2.45, 2.75) is 19.6 Å². The SMILES string of the molecule is CCOCc1c(C(=O)O[C@@H](C(=O)N(C)C)c2ccccc2)oc2ccccc12. The van der Waals surface area contributed by atoms with Gasteiger partial charge in [-0.3, -0.25) is 4.79 Å². The molecule has 3 aromatic rings. The van der Waals surface area contributed by atoms with Crippen molar-refractivity contribution in [2.24, 2.45) is 0 Å². The number of carbonyl (C=O) groups is 2. The van der Waals surface area contributed by atoms with Crippen molar-refractivity contribution in [3.05, 3.63) is 71.5 Å². The van der Waals surface area contributed by atoms with E-state index in [1.807, 2.05) is 31.2 Å². The first-order valence-electron chi connectivity index (χ1n) is 9.08. The molecule has 2 aromatic carbocycles. The summed E-state index contributed by atoms with van der Waals surface area (Å²) in [6, 6.07) is 16.3. The lowest BCUT2D eigenvalue weighted by atomic mass is 10.1. The highest BCUT2D eigenvalue weighted by Crippen LogP contribution is 2.29. The molecular weight excluding hydrogens is 358 g/mol. The third-order valence-corrected chi connectivity index (χ3v) is 4.33. The maximum Gasteiger partial charge on any atom is 0.375 e. The van der Waals surface area contributed by atoms with Crippen LogP contribution in [-0.2, 0) is 20.9 Å². The first-order chi connectivity index (χ1) is 13.5. The van der Waals surface area contributed by atoms with Crippen molar-refractivity contribution in [1.29, 1.82) is 0 Å². The maximum absolute atomic E-state index is 13.0. The number of benzene rings is 2. The van der Waals surface area contributed by atoms with Gasteiger partial charge in [-0.1, -0.05) is 48.5 Å². The van der Waals surface area contributed by atoms with Crippen LogP contribution in [-0.4, -0.2) is 37.5 Å². The summed E-state index contributed by atoms with van der Waals surface area (Å²) in [6.07, 6.45) is -1.06. The molecule has 1 atom stereocenters. The molecule has 0 aliphatic heterocycles. The van der Waals surface area contributed by atoms with Gasteiger partial charge in [-0.25, -0.2) is 4.79 Å². The van der Waals surface area contributed by atoms with E-state index in [2.05, 4.69) is 0 Å². The van der Waals surface area contributed by atoms with Gasteiger partial charge >= 0.3 is 5.97 Å². The van der Waals surface area contributed by atoms with Crippen LogP contribution in [0.1, 0.15) is 34.7 Å². The molecule has 0 radical (unpaired) electrons. The minimum atomic E-state index is -1.06. The highest BCUT2D eigenvalue weighted by Gasteiger charge is 2.30. The van der Waals surface area contributed by atoms with Gasteiger partial charge in [0.1, 0.15) is 5.58 Å². The molecule has 0 aliphatic carbocycles. The molecule has 28 heavy (non-hydrogen) atoms. The smallest absolute Gasteiger partial charge is 0.375 e. The highest BCUT2D eigenvalue weighted by atomic mass is 16.6. The topological polar surface area (TPSA) is 69.0 Å². The zero-order valence-corrected chi connectivity index (χ0v) is 16.2. The van der Waals surface area contributed by atoms with Gasteiger partial charge in [0.2, 0.25) is 11.9 Å². The van der Waals surface area contributed by atoms with E-state index in [9.17, 15) is 9.59 Å². The van der Waals surface area contributed by atoms with Crippen molar-refractivity contribution in [3.8, 4) is 0 Å². The van der Waals surface area contributed by atoms with Gasteiger partial charge in [0.25, 0.3) is 5.91 Å². The zero-order chi connectivity index (χ0) is 20.1. The monoisotopic (exact) mass is 381 g/mol. The van der Waals surface area contributed by atoms with E-state index >= 15 is 0 Å². The van der Waals surface area contributed by atoms with Gasteiger partial charge in [-0.15, -0.1) is 0 Å². The van der Waals surface area contributed by atoms with Crippen molar-refractivity contribution >= 4 is 22.8 Å². The largest absolute Gasteiger partial charge is 0.449 e. The molecule has 1 amide bonds. The van der Waals surface area contributed by atoms with E-state index in [0.717, 1.165) is 5.39 Å². The Morgan fingerprint density at radius 1 is 1.04 bits per heavy atom. The number of para-hydroxylation sites is 1. The van der Waals surface area contributed by atoms with Gasteiger partial charge in [0, 0.05) is 37.2 Å². The van der Waals surface area contributed by atoms with Crippen molar-refractivity contribution in [2.75, 3.05) is 20.7 Å². The summed E-state index contributed by atoms with van der Waals surface area (Å²) in [5.74, 6) is -0.973. The summed E-state index contributed by atoms with van der Waals surface area (Å²) in [7, 11) is 3.24. The minimum Gasteiger partial charge on any atom is -0.449 e. The van der Waals surface area contributed by atoms with Crippen molar-refractivity contribution in [1.82, 2.24) is 4.90 Å². The Morgan fingerprint density at radius 2 is 1.71 bits per heavy atom. The number of rotatable bonds is 7. The summed E-state index contributed by atoms with van der Waals surface area (Å²) in [6.45, 7) is 2.59. The van der Waals surface area contributed by atoms with E-state index in [1.54, 1.807) is 44.4 Å². The van der Waals surface area contributed by atoms with Gasteiger partial charge < -0.3 is 18.8 Å². The van der Waals surface area contributed by atoms with Gasteiger partial charge in [-0.05, 0) is 13.0 Å². The normalized spacial score (nSPS) is 12.0. The van der Waals surface area contributed by atoms with Gasteiger partial charge in [-0.2, -0.15) is 0 Å². The molecule has 0 spiro atoms. The molecule has 0 N–H and O–H groups in total. The molecule has 0 saturated heterocycles. The third-order valence-electron chi connectivity index (χ3n) is 4.33. The number of carbonyl (C=O) groups excluding carboxylic acids is 2. The van der Waals surface area contributed by atoms with E-state index in [0.29, 0.717) is 23.3 Å². The van der Waals surface area contributed by atoms with Gasteiger partial charge in [0.05, 0.1) is 6.61 Å². The molecule has 1 aromatic heterocycles. The summed E-state index contributed by atoms with van der Waals surface area (Å²) in [5.41, 5.74) is 1.78. The zero-order valence-electron chi connectivity index (χ0n) is 16.2. The Bertz CT molecular complexity index is 961. The molecule has 146 valence electrons. The van der Waals surface area contributed by atoms with Crippen LogP contribution in [0.3, 0.4) is 0 Å². The average Bonchev–Trinajstić information content (AvgIpc) is 3.09. The Balaban J connectivity index is 1.97. The Kier molecular flexibility index (Phi) is 6.11. The lowest BCUT2D eigenvalue weighted by Crippen LogP contribution is -2.31. The minimum absolute atomic E-state index is 0.0575. The predicted molar refractivity (Wildman–Crippen MR) is 105 cm³/mol. The van der Waals surface area contributed by atoms with E-state index < -0.39 is 12.1 Å². The first kappa shape index (κ1) is 19.6. The fraction of sp³-hybridized carbons (Fsp3) is 0.273. The number of ether oxygens (including phenoxy) is 2. The molecule has 3 rings (SSSR count). The molecule has 0 unspecified atom stereocenters. The number of amides is 1. The molecule has 6 nitrogen and oxygen atoms in total.